The van der Waals surface area contributed by atoms with E-state index in [9.17, 15) is 14.4 Å². The molecule has 1 aliphatic heterocycles. The molecule has 5 rings (SSSR count). The van der Waals surface area contributed by atoms with E-state index in [0.717, 1.165) is 17.4 Å². The molecule has 202 valence electrons. The third kappa shape index (κ3) is 5.13. The van der Waals surface area contributed by atoms with E-state index in [4.69, 9.17) is 15.5 Å². The van der Waals surface area contributed by atoms with Crippen molar-refractivity contribution in [3.63, 3.8) is 0 Å². The molecule has 0 saturated carbocycles. The molecule has 0 radical (unpaired) electrons. The number of ether oxygens (including phenoxy) is 1. The maximum Gasteiger partial charge on any atom is 0.333 e. The van der Waals surface area contributed by atoms with E-state index in [-0.39, 0.29) is 36.9 Å². The van der Waals surface area contributed by atoms with Gasteiger partial charge in [-0.1, -0.05) is 18.1 Å². The predicted octanol–water partition coefficient (Wildman–Crippen LogP) is 0.865. The molecule has 1 atom stereocenters. The number of benzene rings is 1. The molecule has 1 unspecified atom stereocenters. The minimum atomic E-state index is -0.691. The first-order valence-electron chi connectivity index (χ1n) is 12.9. The van der Waals surface area contributed by atoms with Crippen LogP contribution in [0.25, 0.3) is 22.2 Å². The molecule has 0 spiro atoms. The summed E-state index contributed by atoms with van der Waals surface area (Å²) in [6.07, 6.45) is 3.29. The summed E-state index contributed by atoms with van der Waals surface area (Å²) in [7, 11) is 0. The van der Waals surface area contributed by atoms with E-state index < -0.39 is 23.8 Å². The first kappa shape index (κ1) is 26.1. The fraction of sp³-hybridized carbons (Fsp3) is 0.407. The van der Waals surface area contributed by atoms with Gasteiger partial charge in [-0.3, -0.25) is 28.3 Å². The van der Waals surface area contributed by atoms with Gasteiger partial charge in [-0.05, 0) is 38.8 Å². The number of esters is 1. The van der Waals surface area contributed by atoms with E-state index in [0.29, 0.717) is 35.8 Å². The number of nitrogens with zero attached hydrogens (tertiary/aromatic N) is 7. The van der Waals surface area contributed by atoms with Crippen molar-refractivity contribution < 1.29 is 9.53 Å². The van der Waals surface area contributed by atoms with Crippen molar-refractivity contribution in [3.05, 3.63) is 57.0 Å². The third-order valence-corrected chi connectivity index (χ3v) is 6.66. The molecular formula is C27H30N8O4. The lowest BCUT2D eigenvalue weighted by Gasteiger charge is -2.31. The van der Waals surface area contributed by atoms with Crippen molar-refractivity contribution in [2.75, 3.05) is 24.6 Å². The van der Waals surface area contributed by atoms with Crippen molar-refractivity contribution in [1.82, 2.24) is 28.7 Å². The number of aromatic nitrogens is 6. The van der Waals surface area contributed by atoms with Crippen LogP contribution in [0, 0.1) is 11.8 Å². The second kappa shape index (κ2) is 11.1. The van der Waals surface area contributed by atoms with Crippen LogP contribution in [-0.4, -0.2) is 60.4 Å². The lowest BCUT2D eigenvalue weighted by molar-refractivity contribution is -0.143. The summed E-state index contributed by atoms with van der Waals surface area (Å²) in [5, 5.41) is 0. The SMILES string of the molecule is CC#CCn1c(N2CCCC(N)C2)nc2c1c(=O)n(Cc1cnc3ccccc3n1)c(=O)n2CC(=O)OCC. The molecule has 12 heteroatoms. The number of nitrogens with two attached hydrogens (primary N) is 1. The summed E-state index contributed by atoms with van der Waals surface area (Å²) in [6.45, 7) is 4.43. The number of piperidine rings is 1. The quantitative estimate of drug-likeness (QED) is 0.272. The number of carbonyl (C=O) groups excluding carboxylic acids is 1. The van der Waals surface area contributed by atoms with Crippen LogP contribution in [0.4, 0.5) is 5.95 Å². The number of carbonyl (C=O) groups is 1. The second-order valence-corrected chi connectivity index (χ2v) is 9.36. The van der Waals surface area contributed by atoms with Crippen LogP contribution in [0.2, 0.25) is 0 Å². The van der Waals surface area contributed by atoms with Gasteiger partial charge in [0.15, 0.2) is 11.2 Å². The molecule has 1 aliphatic rings. The smallest absolute Gasteiger partial charge is 0.333 e. The molecule has 1 fully saturated rings. The monoisotopic (exact) mass is 530 g/mol. The van der Waals surface area contributed by atoms with Gasteiger partial charge < -0.3 is 15.4 Å². The zero-order valence-corrected chi connectivity index (χ0v) is 22.0. The van der Waals surface area contributed by atoms with Crippen molar-refractivity contribution in [2.45, 2.75) is 52.4 Å². The number of fused-ring (bicyclic) bond motifs is 2. The van der Waals surface area contributed by atoms with Gasteiger partial charge in [0.2, 0.25) is 5.95 Å². The maximum absolute atomic E-state index is 14.0. The van der Waals surface area contributed by atoms with Gasteiger partial charge in [0.25, 0.3) is 5.56 Å². The summed E-state index contributed by atoms with van der Waals surface area (Å²) in [5.74, 6) is 5.75. The average Bonchev–Trinajstić information content (AvgIpc) is 3.32. The Morgan fingerprint density at radius 2 is 1.95 bits per heavy atom. The van der Waals surface area contributed by atoms with Crippen molar-refractivity contribution in [3.8, 4) is 11.8 Å². The Labute approximate surface area is 224 Å². The van der Waals surface area contributed by atoms with E-state index in [1.807, 2.05) is 29.2 Å². The molecule has 4 aromatic rings. The van der Waals surface area contributed by atoms with Crippen LogP contribution in [0.3, 0.4) is 0 Å². The van der Waals surface area contributed by atoms with Crippen LogP contribution in [0.5, 0.6) is 0 Å². The van der Waals surface area contributed by atoms with E-state index in [2.05, 4.69) is 21.8 Å². The number of para-hydroxylation sites is 2. The highest BCUT2D eigenvalue weighted by Gasteiger charge is 2.27. The number of imidazole rings is 1. The predicted molar refractivity (Wildman–Crippen MR) is 146 cm³/mol. The summed E-state index contributed by atoms with van der Waals surface area (Å²) in [4.78, 5) is 56.0. The Balaban J connectivity index is 1.73. The fourth-order valence-corrected chi connectivity index (χ4v) is 4.87. The lowest BCUT2D eigenvalue weighted by atomic mass is 10.1. The minimum Gasteiger partial charge on any atom is -0.465 e. The number of hydrogen-bond acceptors (Lipinski definition) is 9. The third-order valence-electron chi connectivity index (χ3n) is 6.66. The topological polar surface area (TPSA) is 143 Å². The fourth-order valence-electron chi connectivity index (χ4n) is 4.87. The molecule has 2 N–H and O–H groups in total. The number of hydrogen-bond donors (Lipinski definition) is 1. The normalized spacial score (nSPS) is 15.4. The Kier molecular flexibility index (Phi) is 7.42. The number of anilines is 1. The minimum absolute atomic E-state index is 0.0471. The van der Waals surface area contributed by atoms with E-state index in [1.54, 1.807) is 18.4 Å². The van der Waals surface area contributed by atoms with Gasteiger partial charge in [0.1, 0.15) is 6.54 Å². The molecule has 0 aliphatic carbocycles. The second-order valence-electron chi connectivity index (χ2n) is 9.36. The zero-order valence-electron chi connectivity index (χ0n) is 22.0. The van der Waals surface area contributed by atoms with Crippen LogP contribution in [0.1, 0.15) is 32.4 Å². The Morgan fingerprint density at radius 1 is 1.15 bits per heavy atom. The van der Waals surface area contributed by atoms with Crippen molar-refractivity contribution >= 4 is 34.1 Å². The number of rotatable bonds is 7. The van der Waals surface area contributed by atoms with Crippen molar-refractivity contribution in [2.24, 2.45) is 5.73 Å². The standard InChI is InChI=1S/C27H30N8O4/c1-3-5-13-33-23-24(31-26(33)32-12-8-9-18(28)15-32)34(17-22(36)39-4-2)27(38)35(25(23)37)16-19-14-29-20-10-6-7-11-21(20)30-19/h6-7,10-11,14,18H,4,8-9,12-13,15-17,28H2,1-2H3. The molecule has 0 amide bonds. The lowest BCUT2D eigenvalue weighted by Crippen LogP contribution is -2.44. The van der Waals surface area contributed by atoms with E-state index in [1.165, 1.54) is 10.8 Å². The van der Waals surface area contributed by atoms with Gasteiger partial charge in [-0.25, -0.2) is 9.78 Å². The maximum atomic E-state index is 14.0. The Hall–Kier alpha value is -4.50. The Bertz CT molecular complexity index is 1730. The van der Waals surface area contributed by atoms with Gasteiger partial charge in [-0.15, -0.1) is 5.92 Å². The average molecular weight is 531 g/mol. The van der Waals surface area contributed by atoms with Gasteiger partial charge in [0.05, 0.1) is 42.6 Å². The molecule has 0 bridgehead atoms. The largest absolute Gasteiger partial charge is 0.465 e. The van der Waals surface area contributed by atoms with Crippen LogP contribution >= 0.6 is 0 Å². The molecule has 12 nitrogen and oxygen atoms in total. The molecule has 1 saturated heterocycles. The summed E-state index contributed by atoms with van der Waals surface area (Å²) in [5.41, 5.74) is 7.04. The summed E-state index contributed by atoms with van der Waals surface area (Å²) >= 11 is 0. The van der Waals surface area contributed by atoms with Crippen LogP contribution in [-0.2, 0) is 29.2 Å². The molecular weight excluding hydrogens is 500 g/mol. The first-order valence-corrected chi connectivity index (χ1v) is 12.9. The molecule has 39 heavy (non-hydrogen) atoms. The van der Waals surface area contributed by atoms with Gasteiger partial charge in [0, 0.05) is 19.1 Å². The van der Waals surface area contributed by atoms with Crippen LogP contribution in [0.15, 0.2) is 40.1 Å². The summed E-state index contributed by atoms with van der Waals surface area (Å²) in [6, 6.07) is 7.29. The summed E-state index contributed by atoms with van der Waals surface area (Å²) < 4.78 is 9.08. The Morgan fingerprint density at radius 3 is 2.69 bits per heavy atom. The highest BCUT2D eigenvalue weighted by molar-refractivity contribution is 5.78. The highest BCUT2D eigenvalue weighted by atomic mass is 16.5. The highest BCUT2D eigenvalue weighted by Crippen LogP contribution is 2.23. The van der Waals surface area contributed by atoms with Gasteiger partial charge >= 0.3 is 11.7 Å². The molecule has 4 heterocycles. The van der Waals surface area contributed by atoms with E-state index >= 15 is 0 Å². The van der Waals surface area contributed by atoms with Gasteiger partial charge in [-0.2, -0.15) is 4.98 Å². The van der Waals surface area contributed by atoms with Crippen molar-refractivity contribution in [1.29, 1.82) is 0 Å². The molecule has 1 aromatic carbocycles. The first-order chi connectivity index (χ1) is 18.9. The molecule has 3 aromatic heterocycles. The van der Waals surface area contributed by atoms with Crippen LogP contribution < -0.4 is 21.9 Å². The zero-order chi connectivity index (χ0) is 27.5.